The standard InChI is InChI=1S/C28H24N2O6/c1-34-21-13-11-19(12-14-21)25-15-23(22-5-3-4-6-24(22)30-25)28(33)36-17-26(31)29-16-18-7-9-20(10-8-18)27(32)35-2/h3-15H,16-17H2,1-2H3,(H,29,31). The number of rotatable bonds is 8. The summed E-state index contributed by atoms with van der Waals surface area (Å²) in [7, 11) is 2.90. The molecule has 0 unspecified atom stereocenters. The highest BCUT2D eigenvalue weighted by atomic mass is 16.5. The van der Waals surface area contributed by atoms with Crippen molar-refractivity contribution >= 4 is 28.7 Å². The van der Waals surface area contributed by atoms with E-state index in [0.717, 1.165) is 11.1 Å². The highest BCUT2D eigenvalue weighted by molar-refractivity contribution is 6.05. The number of amides is 1. The van der Waals surface area contributed by atoms with Crippen LogP contribution in [-0.2, 0) is 20.8 Å². The topological polar surface area (TPSA) is 104 Å². The first kappa shape index (κ1) is 24.4. The van der Waals surface area contributed by atoms with Crippen LogP contribution in [0, 0.1) is 0 Å². The molecule has 0 radical (unpaired) electrons. The number of carbonyl (C=O) groups excluding carboxylic acids is 3. The molecule has 0 fully saturated rings. The molecule has 0 aliphatic carbocycles. The van der Waals surface area contributed by atoms with Gasteiger partial charge < -0.3 is 19.5 Å². The van der Waals surface area contributed by atoms with Crippen molar-refractivity contribution < 1.29 is 28.6 Å². The number of para-hydroxylation sites is 1. The number of hydrogen-bond donors (Lipinski definition) is 1. The van der Waals surface area contributed by atoms with Gasteiger partial charge in [-0.25, -0.2) is 14.6 Å². The summed E-state index contributed by atoms with van der Waals surface area (Å²) < 4.78 is 15.2. The van der Waals surface area contributed by atoms with E-state index in [1.807, 2.05) is 42.5 Å². The van der Waals surface area contributed by atoms with Gasteiger partial charge in [0.2, 0.25) is 0 Å². The first-order valence-corrected chi connectivity index (χ1v) is 11.1. The van der Waals surface area contributed by atoms with E-state index >= 15 is 0 Å². The number of aromatic nitrogens is 1. The normalized spacial score (nSPS) is 10.5. The number of benzene rings is 3. The van der Waals surface area contributed by atoms with Gasteiger partial charge >= 0.3 is 11.9 Å². The van der Waals surface area contributed by atoms with Gasteiger partial charge in [-0.1, -0.05) is 30.3 Å². The van der Waals surface area contributed by atoms with Gasteiger partial charge in [-0.15, -0.1) is 0 Å². The molecule has 1 heterocycles. The first-order chi connectivity index (χ1) is 17.5. The van der Waals surface area contributed by atoms with E-state index in [-0.39, 0.29) is 6.54 Å². The van der Waals surface area contributed by atoms with E-state index in [0.29, 0.717) is 33.5 Å². The number of fused-ring (bicyclic) bond motifs is 1. The number of carbonyl (C=O) groups is 3. The van der Waals surface area contributed by atoms with Crippen LogP contribution in [-0.4, -0.2) is 43.7 Å². The molecule has 4 rings (SSSR count). The number of methoxy groups -OCH3 is 2. The van der Waals surface area contributed by atoms with Gasteiger partial charge in [0.05, 0.1) is 36.6 Å². The van der Waals surface area contributed by atoms with Crippen LogP contribution in [0.1, 0.15) is 26.3 Å². The molecule has 0 aliphatic rings. The van der Waals surface area contributed by atoms with E-state index < -0.39 is 24.5 Å². The fourth-order valence-electron chi connectivity index (χ4n) is 3.59. The molecule has 0 aliphatic heterocycles. The molecule has 36 heavy (non-hydrogen) atoms. The van der Waals surface area contributed by atoms with Gasteiger partial charge in [-0.2, -0.15) is 0 Å². The van der Waals surface area contributed by atoms with Crippen LogP contribution in [0.4, 0.5) is 0 Å². The van der Waals surface area contributed by atoms with Gasteiger partial charge in [0, 0.05) is 17.5 Å². The Kier molecular flexibility index (Phi) is 7.55. The van der Waals surface area contributed by atoms with Crippen LogP contribution >= 0.6 is 0 Å². The molecule has 0 bridgehead atoms. The van der Waals surface area contributed by atoms with Gasteiger partial charge in [0.1, 0.15) is 5.75 Å². The van der Waals surface area contributed by atoms with Crippen LogP contribution in [0.3, 0.4) is 0 Å². The van der Waals surface area contributed by atoms with Crippen LogP contribution in [0.5, 0.6) is 5.75 Å². The predicted octanol–water partition coefficient (Wildman–Crippen LogP) is 4.17. The average molecular weight is 485 g/mol. The van der Waals surface area contributed by atoms with E-state index in [1.165, 1.54) is 7.11 Å². The molecular weight excluding hydrogens is 460 g/mol. The summed E-state index contributed by atoms with van der Waals surface area (Å²) in [6.07, 6.45) is 0. The number of nitrogens with one attached hydrogen (secondary N) is 1. The maximum absolute atomic E-state index is 13.0. The fraction of sp³-hybridized carbons (Fsp3) is 0.143. The summed E-state index contributed by atoms with van der Waals surface area (Å²) >= 11 is 0. The molecule has 0 atom stereocenters. The van der Waals surface area contributed by atoms with Gasteiger partial charge in [0.15, 0.2) is 6.61 Å². The summed E-state index contributed by atoms with van der Waals surface area (Å²) in [6.45, 7) is -0.217. The molecule has 182 valence electrons. The van der Waals surface area contributed by atoms with Crippen molar-refractivity contribution in [3.63, 3.8) is 0 Å². The molecule has 0 saturated carbocycles. The number of hydrogen-bond acceptors (Lipinski definition) is 7. The number of ether oxygens (including phenoxy) is 3. The van der Waals surface area contributed by atoms with Crippen molar-refractivity contribution in [1.82, 2.24) is 10.3 Å². The third-order valence-electron chi connectivity index (χ3n) is 5.52. The third kappa shape index (κ3) is 5.67. The number of nitrogens with zero attached hydrogens (tertiary/aromatic N) is 1. The van der Waals surface area contributed by atoms with Crippen LogP contribution < -0.4 is 10.1 Å². The Bertz CT molecular complexity index is 1400. The van der Waals surface area contributed by atoms with E-state index in [4.69, 9.17) is 9.47 Å². The summed E-state index contributed by atoms with van der Waals surface area (Å²) in [5, 5.41) is 3.33. The second-order valence-electron chi connectivity index (χ2n) is 7.84. The Morgan fingerprint density at radius 1 is 0.861 bits per heavy atom. The zero-order valence-electron chi connectivity index (χ0n) is 19.8. The number of esters is 2. The fourth-order valence-corrected chi connectivity index (χ4v) is 3.59. The highest BCUT2D eigenvalue weighted by Crippen LogP contribution is 2.26. The van der Waals surface area contributed by atoms with Crippen molar-refractivity contribution in [2.24, 2.45) is 0 Å². The van der Waals surface area contributed by atoms with E-state index in [1.54, 1.807) is 43.5 Å². The molecule has 0 spiro atoms. The Morgan fingerprint density at radius 2 is 1.58 bits per heavy atom. The monoisotopic (exact) mass is 484 g/mol. The van der Waals surface area contributed by atoms with Crippen LogP contribution in [0.2, 0.25) is 0 Å². The maximum Gasteiger partial charge on any atom is 0.339 e. The first-order valence-electron chi connectivity index (χ1n) is 11.1. The van der Waals surface area contributed by atoms with Crippen molar-refractivity contribution in [2.75, 3.05) is 20.8 Å². The van der Waals surface area contributed by atoms with Gasteiger partial charge in [0.25, 0.3) is 5.91 Å². The largest absolute Gasteiger partial charge is 0.497 e. The summed E-state index contributed by atoms with van der Waals surface area (Å²) in [5.41, 5.74) is 3.57. The minimum absolute atomic E-state index is 0.220. The third-order valence-corrected chi connectivity index (χ3v) is 5.52. The zero-order chi connectivity index (χ0) is 25.5. The number of pyridine rings is 1. The van der Waals surface area contributed by atoms with Gasteiger partial charge in [-0.3, -0.25) is 4.79 Å². The molecule has 0 saturated heterocycles. The Morgan fingerprint density at radius 3 is 2.28 bits per heavy atom. The highest BCUT2D eigenvalue weighted by Gasteiger charge is 2.17. The summed E-state index contributed by atoms with van der Waals surface area (Å²) in [4.78, 5) is 41.4. The lowest BCUT2D eigenvalue weighted by molar-refractivity contribution is -0.124. The second-order valence-corrected chi connectivity index (χ2v) is 7.84. The van der Waals surface area contributed by atoms with Crippen molar-refractivity contribution in [3.8, 4) is 17.0 Å². The van der Waals surface area contributed by atoms with Gasteiger partial charge in [-0.05, 0) is 54.1 Å². The SMILES string of the molecule is COC(=O)c1ccc(CNC(=O)COC(=O)c2cc(-c3ccc(OC)cc3)nc3ccccc23)cc1. The lowest BCUT2D eigenvalue weighted by atomic mass is 10.0. The Hall–Kier alpha value is -4.72. The maximum atomic E-state index is 13.0. The molecule has 4 aromatic rings. The molecule has 1 aromatic heterocycles. The van der Waals surface area contributed by atoms with E-state index in [9.17, 15) is 14.4 Å². The van der Waals surface area contributed by atoms with E-state index in [2.05, 4.69) is 15.0 Å². The van der Waals surface area contributed by atoms with Crippen molar-refractivity contribution in [3.05, 3.63) is 95.6 Å². The van der Waals surface area contributed by atoms with Crippen LogP contribution in [0.15, 0.2) is 78.9 Å². The minimum Gasteiger partial charge on any atom is -0.497 e. The zero-order valence-corrected chi connectivity index (χ0v) is 19.8. The molecule has 3 aromatic carbocycles. The molecule has 1 N–H and O–H groups in total. The quantitative estimate of drug-likeness (QED) is 0.374. The van der Waals surface area contributed by atoms with Crippen LogP contribution in [0.25, 0.3) is 22.2 Å². The van der Waals surface area contributed by atoms with Crippen molar-refractivity contribution in [1.29, 1.82) is 0 Å². The summed E-state index contributed by atoms with van der Waals surface area (Å²) in [5.74, 6) is -0.795. The molecule has 8 nitrogen and oxygen atoms in total. The summed E-state index contributed by atoms with van der Waals surface area (Å²) in [6, 6.07) is 22.9. The smallest absolute Gasteiger partial charge is 0.339 e. The molecular formula is C28H24N2O6. The molecule has 1 amide bonds. The lowest BCUT2D eigenvalue weighted by Crippen LogP contribution is -2.28. The predicted molar refractivity (Wildman–Crippen MR) is 134 cm³/mol. The average Bonchev–Trinajstić information content (AvgIpc) is 2.94. The molecule has 8 heteroatoms. The Labute approximate surface area is 207 Å². The Balaban J connectivity index is 1.43. The lowest BCUT2D eigenvalue weighted by Gasteiger charge is -2.11. The second kappa shape index (κ2) is 11.1. The minimum atomic E-state index is -0.624. The van der Waals surface area contributed by atoms with Crippen molar-refractivity contribution in [2.45, 2.75) is 6.54 Å².